The molecule has 1 aromatic heterocycles. The maximum Gasteiger partial charge on any atom is 0.328 e. The fourth-order valence-electron chi connectivity index (χ4n) is 1.32. The van der Waals surface area contributed by atoms with Crippen LogP contribution in [0.4, 0.5) is 4.79 Å². The van der Waals surface area contributed by atoms with Crippen LogP contribution in [0.1, 0.15) is 5.82 Å². The van der Waals surface area contributed by atoms with Crippen molar-refractivity contribution >= 4 is 12.0 Å². The van der Waals surface area contributed by atoms with Crippen LogP contribution in [0.15, 0.2) is 12.4 Å². The maximum absolute atomic E-state index is 11.3. The quantitative estimate of drug-likeness (QED) is 0.505. The average Bonchev–Trinajstić information content (AvgIpc) is 2.71. The van der Waals surface area contributed by atoms with Gasteiger partial charge in [0.1, 0.15) is 5.82 Å². The van der Waals surface area contributed by atoms with Gasteiger partial charge < -0.3 is 25.4 Å². The first-order valence-electron chi connectivity index (χ1n) is 5.38. The highest BCUT2D eigenvalue weighted by atomic mass is 16.4. The highest BCUT2D eigenvalue weighted by molar-refractivity contribution is 5.82. The van der Waals surface area contributed by atoms with E-state index in [1.807, 2.05) is 11.6 Å². The van der Waals surface area contributed by atoms with Gasteiger partial charge in [0.05, 0.1) is 6.61 Å². The van der Waals surface area contributed by atoms with E-state index in [1.165, 1.54) is 0 Å². The van der Waals surface area contributed by atoms with Crippen molar-refractivity contribution in [3.63, 3.8) is 0 Å². The Balaban J connectivity index is 2.29. The van der Waals surface area contributed by atoms with Crippen molar-refractivity contribution in [2.24, 2.45) is 7.05 Å². The number of aliphatic hydroxyl groups excluding tert-OH is 1. The number of urea groups is 1. The molecule has 1 heterocycles. The number of hydrogen-bond donors (Lipinski definition) is 4. The first-order valence-corrected chi connectivity index (χ1v) is 5.38. The molecule has 2 amide bonds. The molecule has 0 aromatic carbocycles. The Morgan fingerprint density at radius 2 is 2.28 bits per heavy atom. The summed E-state index contributed by atoms with van der Waals surface area (Å²) in [6, 6.07) is -1.93. The van der Waals surface area contributed by atoms with Gasteiger partial charge in [0.25, 0.3) is 0 Å². The molecule has 8 heteroatoms. The number of rotatable bonds is 6. The van der Waals surface area contributed by atoms with Crippen molar-refractivity contribution in [1.29, 1.82) is 0 Å². The Kier molecular flexibility index (Phi) is 5.12. The minimum Gasteiger partial charge on any atom is -0.480 e. The largest absolute Gasteiger partial charge is 0.480 e. The summed E-state index contributed by atoms with van der Waals surface area (Å²) in [5.74, 6) is -0.469. The van der Waals surface area contributed by atoms with Crippen molar-refractivity contribution in [2.45, 2.75) is 12.5 Å². The monoisotopic (exact) mass is 256 g/mol. The molecule has 1 aromatic rings. The van der Waals surface area contributed by atoms with Crippen LogP contribution >= 0.6 is 0 Å². The van der Waals surface area contributed by atoms with Gasteiger partial charge in [-0.3, -0.25) is 0 Å². The highest BCUT2D eigenvalue weighted by Gasteiger charge is 2.18. The number of aliphatic hydroxyl groups is 1. The van der Waals surface area contributed by atoms with E-state index in [0.717, 1.165) is 5.82 Å². The van der Waals surface area contributed by atoms with Crippen molar-refractivity contribution < 1.29 is 19.8 Å². The zero-order chi connectivity index (χ0) is 13.5. The summed E-state index contributed by atoms with van der Waals surface area (Å²) in [5, 5.41) is 22.0. The number of aryl methyl sites for hydroxylation is 1. The summed E-state index contributed by atoms with van der Waals surface area (Å²) in [7, 11) is 1.84. The molecule has 1 rings (SSSR count). The van der Waals surface area contributed by atoms with Crippen molar-refractivity contribution in [3.05, 3.63) is 18.2 Å². The molecule has 0 bridgehead atoms. The van der Waals surface area contributed by atoms with E-state index < -0.39 is 24.6 Å². The summed E-state index contributed by atoms with van der Waals surface area (Å²) in [6.07, 6.45) is 3.98. The SMILES string of the molecule is Cn1ccnc1CCNC(=O)NC(CO)C(=O)O. The van der Waals surface area contributed by atoms with Gasteiger partial charge in [-0.25, -0.2) is 14.6 Å². The fourth-order valence-corrected chi connectivity index (χ4v) is 1.32. The number of carboxylic acid groups (broad SMARTS) is 1. The number of carbonyl (C=O) groups is 2. The normalized spacial score (nSPS) is 11.9. The third-order valence-corrected chi connectivity index (χ3v) is 2.34. The van der Waals surface area contributed by atoms with Crippen LogP contribution < -0.4 is 10.6 Å². The number of aromatic nitrogens is 2. The summed E-state index contributed by atoms with van der Waals surface area (Å²) in [4.78, 5) is 25.9. The van der Waals surface area contributed by atoms with Gasteiger partial charge in [-0.2, -0.15) is 0 Å². The molecule has 1 atom stereocenters. The lowest BCUT2D eigenvalue weighted by Crippen LogP contribution is -2.48. The summed E-state index contributed by atoms with van der Waals surface area (Å²) < 4.78 is 1.83. The van der Waals surface area contributed by atoms with Crippen molar-refractivity contribution in [2.75, 3.05) is 13.2 Å². The number of amides is 2. The van der Waals surface area contributed by atoms with E-state index >= 15 is 0 Å². The predicted octanol–water partition coefficient (Wildman–Crippen LogP) is -1.29. The van der Waals surface area contributed by atoms with Crippen molar-refractivity contribution in [1.82, 2.24) is 20.2 Å². The zero-order valence-corrected chi connectivity index (χ0v) is 9.96. The molecule has 100 valence electrons. The van der Waals surface area contributed by atoms with Crippen LogP contribution in [0.5, 0.6) is 0 Å². The number of carbonyl (C=O) groups excluding carboxylic acids is 1. The Morgan fingerprint density at radius 1 is 1.56 bits per heavy atom. The second kappa shape index (κ2) is 6.60. The average molecular weight is 256 g/mol. The number of hydrogen-bond acceptors (Lipinski definition) is 4. The number of nitrogens with zero attached hydrogens (tertiary/aromatic N) is 2. The molecule has 0 radical (unpaired) electrons. The predicted molar refractivity (Wildman–Crippen MR) is 62.0 cm³/mol. The molecule has 0 aliphatic carbocycles. The minimum absolute atomic E-state index is 0.328. The lowest BCUT2D eigenvalue weighted by Gasteiger charge is -2.12. The van der Waals surface area contributed by atoms with Gasteiger partial charge in [-0.1, -0.05) is 0 Å². The van der Waals surface area contributed by atoms with Crippen molar-refractivity contribution in [3.8, 4) is 0 Å². The third kappa shape index (κ3) is 4.06. The first kappa shape index (κ1) is 14.0. The Bertz CT molecular complexity index is 418. The van der Waals surface area contributed by atoms with Gasteiger partial charge in [-0.05, 0) is 0 Å². The van der Waals surface area contributed by atoms with E-state index in [9.17, 15) is 9.59 Å². The van der Waals surface area contributed by atoms with E-state index in [2.05, 4.69) is 15.6 Å². The maximum atomic E-state index is 11.3. The molecule has 0 aliphatic rings. The molecule has 0 saturated carbocycles. The first-order chi connectivity index (χ1) is 8.54. The molecule has 0 saturated heterocycles. The van der Waals surface area contributed by atoms with E-state index in [4.69, 9.17) is 10.2 Å². The lowest BCUT2D eigenvalue weighted by molar-refractivity contribution is -0.140. The lowest BCUT2D eigenvalue weighted by atomic mass is 10.3. The summed E-state index contributed by atoms with van der Waals surface area (Å²) >= 11 is 0. The second-order valence-corrected chi connectivity index (χ2v) is 3.68. The molecule has 0 fully saturated rings. The van der Waals surface area contributed by atoms with Crippen LogP contribution in [0, 0.1) is 0 Å². The molecule has 0 spiro atoms. The van der Waals surface area contributed by atoms with Crippen LogP contribution in [-0.2, 0) is 18.3 Å². The molecule has 1 unspecified atom stereocenters. The smallest absolute Gasteiger partial charge is 0.328 e. The number of aliphatic carboxylic acids is 1. The molecule has 4 N–H and O–H groups in total. The third-order valence-electron chi connectivity index (χ3n) is 2.34. The van der Waals surface area contributed by atoms with Crippen LogP contribution in [0.25, 0.3) is 0 Å². The van der Waals surface area contributed by atoms with Gasteiger partial charge in [0, 0.05) is 32.4 Å². The van der Waals surface area contributed by atoms with Crippen LogP contribution in [0.2, 0.25) is 0 Å². The van der Waals surface area contributed by atoms with Gasteiger partial charge in [0.15, 0.2) is 6.04 Å². The van der Waals surface area contributed by atoms with E-state index in [0.29, 0.717) is 13.0 Å². The zero-order valence-electron chi connectivity index (χ0n) is 9.96. The van der Waals surface area contributed by atoms with Crippen LogP contribution in [0.3, 0.4) is 0 Å². The molecular formula is C10H16N4O4. The van der Waals surface area contributed by atoms with Gasteiger partial charge in [0.2, 0.25) is 0 Å². The Morgan fingerprint density at radius 3 is 2.78 bits per heavy atom. The summed E-state index contributed by atoms with van der Waals surface area (Å²) in [5.41, 5.74) is 0. The Labute approximate surface area is 104 Å². The van der Waals surface area contributed by atoms with Gasteiger partial charge >= 0.3 is 12.0 Å². The minimum atomic E-state index is -1.29. The molecular weight excluding hydrogens is 240 g/mol. The van der Waals surface area contributed by atoms with Crippen LogP contribution in [-0.4, -0.2) is 51.0 Å². The number of nitrogens with one attached hydrogen (secondary N) is 2. The Hall–Kier alpha value is -2.09. The second-order valence-electron chi connectivity index (χ2n) is 3.68. The fraction of sp³-hybridized carbons (Fsp3) is 0.500. The number of imidazole rings is 1. The number of carboxylic acids is 1. The van der Waals surface area contributed by atoms with E-state index in [-0.39, 0.29) is 0 Å². The summed E-state index contributed by atoms with van der Waals surface area (Å²) in [6.45, 7) is -0.323. The standard InChI is InChI=1S/C10H16N4O4/c1-14-5-4-11-8(14)2-3-12-10(18)13-7(6-15)9(16)17/h4-5,7,15H,2-3,6H2,1H3,(H,16,17)(H2,12,13,18). The van der Waals surface area contributed by atoms with Gasteiger partial charge in [-0.15, -0.1) is 0 Å². The molecule has 8 nitrogen and oxygen atoms in total. The molecule has 18 heavy (non-hydrogen) atoms. The van der Waals surface area contributed by atoms with E-state index in [1.54, 1.807) is 12.4 Å². The molecule has 0 aliphatic heterocycles. The topological polar surface area (TPSA) is 116 Å². The highest BCUT2D eigenvalue weighted by Crippen LogP contribution is 1.93.